The molecule has 2 heterocycles. The Labute approximate surface area is 81.4 Å². The molecule has 0 bridgehead atoms. The van der Waals surface area contributed by atoms with Crippen molar-refractivity contribution in [3.63, 3.8) is 0 Å². The van der Waals surface area contributed by atoms with E-state index in [-0.39, 0.29) is 0 Å². The first-order valence-corrected chi connectivity index (χ1v) is 3.97. The number of pyridine rings is 2. The van der Waals surface area contributed by atoms with Crippen LogP contribution in [0.25, 0.3) is 11.1 Å². The highest BCUT2D eigenvalue weighted by Gasteiger charge is 1.92. The second-order valence-corrected chi connectivity index (χ2v) is 2.47. The Hall–Kier alpha value is -2.10. The zero-order valence-electron chi connectivity index (χ0n) is 7.42. The fourth-order valence-corrected chi connectivity index (χ4v) is 1.09. The van der Waals surface area contributed by atoms with Crippen molar-refractivity contribution in [2.24, 2.45) is 0 Å². The van der Waals surface area contributed by atoms with Crippen molar-refractivity contribution in [2.45, 2.75) is 0 Å². The molecule has 0 unspecified atom stereocenters. The van der Waals surface area contributed by atoms with Crippen molar-refractivity contribution in [1.29, 1.82) is 5.59 Å². The van der Waals surface area contributed by atoms with Gasteiger partial charge in [0.05, 0.1) is 0 Å². The highest BCUT2D eigenvalue weighted by molar-refractivity contribution is 5.61. The Morgan fingerprint density at radius 3 is 1.29 bits per heavy atom. The van der Waals surface area contributed by atoms with Gasteiger partial charge in [0.15, 0.2) is 0 Å². The molecule has 0 aliphatic heterocycles. The van der Waals surface area contributed by atoms with E-state index in [1.807, 2.05) is 24.3 Å². The predicted molar refractivity (Wildman–Crippen MR) is 53.6 cm³/mol. The molecule has 14 heavy (non-hydrogen) atoms. The lowest BCUT2D eigenvalue weighted by Gasteiger charge is -1.97. The van der Waals surface area contributed by atoms with Crippen LogP contribution in [-0.2, 0) is 0 Å². The lowest BCUT2D eigenvalue weighted by atomic mass is 10.1. The summed E-state index contributed by atoms with van der Waals surface area (Å²) in [6, 6.07) is 7.93. The largest absolute Gasteiger partial charge is 0.265 e. The topological polar surface area (TPSA) is 66.7 Å². The van der Waals surface area contributed by atoms with Crippen LogP contribution in [0.15, 0.2) is 49.1 Å². The predicted octanol–water partition coefficient (Wildman–Crippen LogP) is 2.48. The molecule has 2 rings (SSSR count). The van der Waals surface area contributed by atoms with Gasteiger partial charge in [-0.05, 0) is 35.4 Å². The molecule has 0 aromatic carbocycles. The van der Waals surface area contributed by atoms with E-state index in [4.69, 9.17) is 4.91 Å². The van der Waals surface area contributed by atoms with Gasteiger partial charge in [0, 0.05) is 24.8 Å². The second kappa shape index (κ2) is 5.53. The average Bonchev–Trinajstić information content (AvgIpc) is 2.34. The smallest absolute Gasteiger partial charge is 0.0273 e. The van der Waals surface area contributed by atoms with E-state index in [9.17, 15) is 0 Å². The van der Waals surface area contributed by atoms with Gasteiger partial charge in [-0.1, -0.05) is 5.59 Å². The van der Waals surface area contributed by atoms with E-state index in [1.165, 1.54) is 11.1 Å². The van der Waals surface area contributed by atoms with Gasteiger partial charge in [0.1, 0.15) is 0 Å². The minimum absolute atomic E-state index is 1.17. The first kappa shape index (κ1) is 9.98. The summed E-state index contributed by atoms with van der Waals surface area (Å²) in [5.41, 5.74) is 6.85. The van der Waals surface area contributed by atoms with Crippen LogP contribution in [0.1, 0.15) is 0 Å². The van der Waals surface area contributed by atoms with E-state index in [0.29, 0.717) is 0 Å². The number of hydrogen-bond donors (Lipinski definition) is 1. The number of nitroso groups, excluding NO2 is 1. The van der Waals surface area contributed by atoms with Gasteiger partial charge in [0.2, 0.25) is 0 Å². The zero-order chi connectivity index (χ0) is 10.2. The Morgan fingerprint density at radius 1 is 0.714 bits per heavy atom. The van der Waals surface area contributed by atoms with Gasteiger partial charge in [-0.25, -0.2) is 0 Å². The van der Waals surface area contributed by atoms with Crippen LogP contribution in [0.4, 0.5) is 0 Å². The molecule has 0 amide bonds. The number of hydrogen-bond acceptors (Lipinski definition) is 4. The van der Waals surface area contributed by atoms with Crippen molar-refractivity contribution in [3.05, 3.63) is 54.0 Å². The highest BCUT2D eigenvalue weighted by atomic mass is 16.2. The van der Waals surface area contributed by atoms with Gasteiger partial charge in [-0.15, -0.1) is 0 Å². The normalized spacial score (nSPS) is 8.57. The summed E-state index contributed by atoms with van der Waals surface area (Å²) >= 11 is 0. The molecule has 0 fully saturated rings. The number of rotatable bonds is 1. The summed E-state index contributed by atoms with van der Waals surface area (Å²) in [7, 11) is 0. The Kier molecular flexibility index (Phi) is 3.94. The van der Waals surface area contributed by atoms with Crippen molar-refractivity contribution in [1.82, 2.24) is 9.97 Å². The highest BCUT2D eigenvalue weighted by Crippen LogP contribution is 2.15. The molecular weight excluding hydrogens is 178 g/mol. The first-order chi connectivity index (χ1) is 6.97. The van der Waals surface area contributed by atoms with Crippen LogP contribution >= 0.6 is 0 Å². The van der Waals surface area contributed by atoms with Crippen LogP contribution in [0.3, 0.4) is 0 Å². The molecule has 0 spiro atoms. The third kappa shape index (κ3) is 2.45. The molecule has 0 aliphatic carbocycles. The van der Waals surface area contributed by atoms with E-state index in [1.54, 1.807) is 24.8 Å². The Morgan fingerprint density at radius 2 is 1.00 bits per heavy atom. The van der Waals surface area contributed by atoms with Crippen LogP contribution in [0, 0.1) is 10.5 Å². The fourth-order valence-electron chi connectivity index (χ4n) is 1.09. The molecular formula is C10H9N3O. The van der Waals surface area contributed by atoms with Gasteiger partial charge in [0.25, 0.3) is 0 Å². The zero-order valence-corrected chi connectivity index (χ0v) is 7.42. The first-order valence-electron chi connectivity index (χ1n) is 3.97. The summed E-state index contributed by atoms with van der Waals surface area (Å²) in [4.78, 5) is 15.4. The van der Waals surface area contributed by atoms with Crippen LogP contribution in [-0.4, -0.2) is 9.97 Å². The molecule has 2 aromatic heterocycles. The summed E-state index contributed by atoms with van der Waals surface area (Å²) in [5.74, 6) is 0. The Balaban J connectivity index is 0.000000461. The number of nitrogens with one attached hydrogen (secondary N) is 1. The lowest BCUT2D eigenvalue weighted by Crippen LogP contribution is -1.77. The van der Waals surface area contributed by atoms with Crippen molar-refractivity contribution in [2.75, 3.05) is 0 Å². The fraction of sp³-hybridized carbons (Fsp3) is 0. The number of aromatic nitrogens is 2. The van der Waals surface area contributed by atoms with Gasteiger partial charge >= 0.3 is 0 Å². The minimum Gasteiger partial charge on any atom is -0.265 e. The number of nitrogens with zero attached hydrogens (tertiary/aromatic N) is 2. The maximum Gasteiger partial charge on any atom is 0.0273 e. The average molecular weight is 187 g/mol. The quantitative estimate of drug-likeness (QED) is 0.697. The molecule has 2 aromatic rings. The standard InChI is InChI=1S/C10H8N2.HNO/c1-5-11-6-2-9(1)10-3-7-12-8-4-10;1-2/h1-8H;1H. The molecule has 70 valence electrons. The minimum atomic E-state index is 1.17. The maximum atomic E-state index is 7.50. The van der Waals surface area contributed by atoms with Crippen molar-refractivity contribution in [3.8, 4) is 11.1 Å². The lowest BCUT2D eigenvalue weighted by molar-refractivity contribution is 1.31. The molecule has 0 saturated carbocycles. The maximum absolute atomic E-state index is 7.50. The third-order valence-electron chi connectivity index (χ3n) is 1.69. The van der Waals surface area contributed by atoms with E-state index < -0.39 is 0 Å². The van der Waals surface area contributed by atoms with Crippen LogP contribution in [0.2, 0.25) is 0 Å². The molecule has 0 saturated heterocycles. The SMILES string of the molecule is N=O.c1cc(-c2ccncc2)ccn1. The van der Waals surface area contributed by atoms with Crippen molar-refractivity contribution >= 4 is 0 Å². The summed E-state index contributed by atoms with van der Waals surface area (Å²) in [6.07, 6.45) is 7.15. The molecule has 1 N–H and O–H groups in total. The van der Waals surface area contributed by atoms with Gasteiger partial charge in [-0.2, -0.15) is 4.91 Å². The third-order valence-corrected chi connectivity index (χ3v) is 1.69. The van der Waals surface area contributed by atoms with Crippen molar-refractivity contribution < 1.29 is 0 Å². The summed E-state index contributed by atoms with van der Waals surface area (Å²) < 4.78 is 0. The van der Waals surface area contributed by atoms with E-state index in [2.05, 4.69) is 15.6 Å². The molecule has 0 aliphatic rings. The van der Waals surface area contributed by atoms with Gasteiger partial charge < -0.3 is 0 Å². The Bertz CT molecular complexity index is 326. The molecule has 0 atom stereocenters. The summed E-state index contributed by atoms with van der Waals surface area (Å²) in [6.45, 7) is 0. The molecule has 0 radical (unpaired) electrons. The van der Waals surface area contributed by atoms with Crippen LogP contribution in [0.5, 0.6) is 0 Å². The molecule has 4 heteroatoms. The summed E-state index contributed by atoms with van der Waals surface area (Å²) in [5, 5.41) is 0. The van der Waals surface area contributed by atoms with E-state index in [0.717, 1.165) is 0 Å². The molecule has 4 nitrogen and oxygen atoms in total. The second-order valence-electron chi connectivity index (χ2n) is 2.47. The van der Waals surface area contributed by atoms with Gasteiger partial charge in [-0.3, -0.25) is 9.97 Å². The monoisotopic (exact) mass is 187 g/mol. The van der Waals surface area contributed by atoms with Crippen LogP contribution < -0.4 is 0 Å². The van der Waals surface area contributed by atoms with E-state index >= 15 is 0 Å².